The van der Waals surface area contributed by atoms with E-state index in [1.54, 1.807) is 13.1 Å². The van der Waals surface area contributed by atoms with Gasteiger partial charge < -0.3 is 14.6 Å². The second kappa shape index (κ2) is 4.96. The number of carboxylic acids is 1. The number of fused-ring (bicyclic) bond motifs is 1. The number of carboxylic acid groups (broad SMARTS) is 1. The van der Waals surface area contributed by atoms with Gasteiger partial charge in [-0.25, -0.2) is 4.79 Å². The van der Waals surface area contributed by atoms with E-state index in [1.165, 1.54) is 10.7 Å². The first-order chi connectivity index (χ1) is 9.99. The number of ether oxygens (including phenoxy) is 2. The first-order valence-corrected chi connectivity index (χ1v) is 6.73. The molecule has 1 aliphatic rings. The van der Waals surface area contributed by atoms with Crippen LogP contribution in [0.5, 0.6) is 11.5 Å². The van der Waals surface area contributed by atoms with Crippen molar-refractivity contribution in [2.24, 2.45) is 7.05 Å². The van der Waals surface area contributed by atoms with Gasteiger partial charge in [0.15, 0.2) is 17.2 Å². The Labute approximate surface area is 125 Å². The van der Waals surface area contributed by atoms with Crippen molar-refractivity contribution >= 4 is 17.6 Å². The zero-order valence-corrected chi connectivity index (χ0v) is 12.3. The van der Waals surface area contributed by atoms with Crippen molar-refractivity contribution in [3.05, 3.63) is 28.4 Å². The van der Waals surface area contributed by atoms with Crippen LogP contribution in [-0.4, -0.2) is 34.1 Å². The highest BCUT2D eigenvalue weighted by Gasteiger charge is 2.23. The van der Waals surface area contributed by atoms with Crippen LogP contribution >= 0.6 is 11.6 Å². The number of rotatable bonds is 2. The largest absolute Gasteiger partial charge is 0.486 e. The number of benzene rings is 1. The predicted octanol–water partition coefficient (Wildman–Crippen LogP) is 2.52. The third kappa shape index (κ3) is 2.21. The topological polar surface area (TPSA) is 73.6 Å². The van der Waals surface area contributed by atoms with Crippen LogP contribution in [0.3, 0.4) is 0 Å². The molecule has 0 unspecified atom stereocenters. The minimum Gasteiger partial charge on any atom is -0.486 e. The molecule has 0 amide bonds. The molecule has 1 aliphatic heterocycles. The molecule has 1 N–H and O–H groups in total. The maximum Gasteiger partial charge on any atom is 0.356 e. The molecule has 0 aliphatic carbocycles. The summed E-state index contributed by atoms with van der Waals surface area (Å²) in [6.45, 7) is 2.80. The average Bonchev–Trinajstić information content (AvgIpc) is 2.85. The van der Waals surface area contributed by atoms with Crippen molar-refractivity contribution in [2.45, 2.75) is 6.92 Å². The van der Waals surface area contributed by atoms with E-state index in [0.717, 1.165) is 11.1 Å². The molecule has 0 atom stereocenters. The molecule has 6 nitrogen and oxygen atoms in total. The summed E-state index contributed by atoms with van der Waals surface area (Å²) >= 11 is 6.24. The van der Waals surface area contributed by atoms with Gasteiger partial charge in [0.2, 0.25) is 0 Å². The van der Waals surface area contributed by atoms with Crippen LogP contribution in [0.4, 0.5) is 0 Å². The minimum absolute atomic E-state index is 0.0158. The second-order valence-electron chi connectivity index (χ2n) is 4.73. The van der Waals surface area contributed by atoms with E-state index in [2.05, 4.69) is 5.10 Å². The first-order valence-electron chi connectivity index (χ1n) is 6.35. The summed E-state index contributed by atoms with van der Waals surface area (Å²) in [5, 5.41) is 13.4. The highest BCUT2D eigenvalue weighted by Crippen LogP contribution is 2.44. The summed E-state index contributed by atoms with van der Waals surface area (Å²) in [4.78, 5) is 11.0. The molecule has 110 valence electrons. The van der Waals surface area contributed by atoms with E-state index in [4.69, 9.17) is 26.2 Å². The highest BCUT2D eigenvalue weighted by molar-refractivity contribution is 6.32. The molecule has 3 rings (SSSR count). The first kappa shape index (κ1) is 13.8. The SMILES string of the molecule is Cc1c(-c2cc(C(=O)O)nn2C)cc(Cl)c2c1OCCO2. The fourth-order valence-electron chi connectivity index (χ4n) is 2.39. The Bertz CT molecular complexity index is 739. The van der Waals surface area contributed by atoms with Gasteiger partial charge in [0.1, 0.15) is 13.2 Å². The van der Waals surface area contributed by atoms with Crippen LogP contribution in [0.15, 0.2) is 12.1 Å². The van der Waals surface area contributed by atoms with E-state index in [-0.39, 0.29) is 5.69 Å². The molecule has 2 aromatic rings. The number of carbonyl (C=O) groups is 1. The molecule has 0 fully saturated rings. The van der Waals surface area contributed by atoms with Crippen LogP contribution in [0.25, 0.3) is 11.3 Å². The van der Waals surface area contributed by atoms with Crippen LogP contribution in [0.2, 0.25) is 5.02 Å². The lowest BCUT2D eigenvalue weighted by molar-refractivity contribution is 0.0689. The quantitative estimate of drug-likeness (QED) is 0.923. The third-order valence-electron chi connectivity index (χ3n) is 3.39. The van der Waals surface area contributed by atoms with Gasteiger partial charge in [-0.2, -0.15) is 5.10 Å². The van der Waals surface area contributed by atoms with Crippen molar-refractivity contribution in [3.8, 4) is 22.8 Å². The minimum atomic E-state index is -1.07. The fraction of sp³-hybridized carbons (Fsp3) is 0.286. The molecule has 21 heavy (non-hydrogen) atoms. The Balaban J connectivity index is 2.19. The van der Waals surface area contributed by atoms with Crippen molar-refractivity contribution in [3.63, 3.8) is 0 Å². The van der Waals surface area contributed by atoms with Crippen molar-refractivity contribution < 1.29 is 19.4 Å². The molecule has 1 aromatic carbocycles. The monoisotopic (exact) mass is 308 g/mol. The number of aromatic nitrogens is 2. The van der Waals surface area contributed by atoms with Gasteiger partial charge >= 0.3 is 5.97 Å². The molecule has 0 saturated carbocycles. The summed E-state index contributed by atoms with van der Waals surface area (Å²) in [5.41, 5.74) is 2.25. The third-order valence-corrected chi connectivity index (χ3v) is 3.67. The number of aromatic carboxylic acids is 1. The molecule has 0 radical (unpaired) electrons. The molecular weight excluding hydrogens is 296 g/mol. The van der Waals surface area contributed by atoms with Gasteiger partial charge in [-0.05, 0) is 19.1 Å². The summed E-state index contributed by atoms with van der Waals surface area (Å²) in [5.74, 6) is 0.0600. The van der Waals surface area contributed by atoms with Gasteiger partial charge in [0.05, 0.1) is 10.7 Å². The van der Waals surface area contributed by atoms with Gasteiger partial charge in [-0.3, -0.25) is 4.68 Å². The van der Waals surface area contributed by atoms with E-state index >= 15 is 0 Å². The summed E-state index contributed by atoms with van der Waals surface area (Å²) in [6, 6.07) is 3.25. The van der Waals surface area contributed by atoms with Crippen LogP contribution in [-0.2, 0) is 7.05 Å². The Kier molecular flexibility index (Phi) is 3.25. The number of aryl methyl sites for hydroxylation is 1. The molecular formula is C14H13ClN2O4. The van der Waals surface area contributed by atoms with Crippen LogP contribution < -0.4 is 9.47 Å². The standard InChI is InChI=1S/C14H13ClN2O4/c1-7-8(11-6-10(14(18)19)16-17(11)2)5-9(15)13-12(7)20-3-4-21-13/h5-6H,3-4H2,1-2H3,(H,18,19). The zero-order chi connectivity index (χ0) is 15.1. The lowest BCUT2D eigenvalue weighted by Crippen LogP contribution is -2.17. The normalized spacial score (nSPS) is 13.3. The smallest absolute Gasteiger partial charge is 0.356 e. The van der Waals surface area contributed by atoms with Crippen LogP contribution in [0.1, 0.15) is 16.1 Å². The number of hydrogen-bond donors (Lipinski definition) is 1. The lowest BCUT2D eigenvalue weighted by Gasteiger charge is -2.23. The van der Waals surface area contributed by atoms with Crippen molar-refractivity contribution in [1.29, 1.82) is 0 Å². The summed E-state index contributed by atoms with van der Waals surface area (Å²) < 4.78 is 12.7. The molecule has 7 heteroatoms. The van der Waals surface area contributed by atoms with E-state index in [9.17, 15) is 4.79 Å². The number of halogens is 1. The Hall–Kier alpha value is -2.21. The Morgan fingerprint density at radius 1 is 1.33 bits per heavy atom. The van der Waals surface area contributed by atoms with Gasteiger partial charge in [-0.15, -0.1) is 0 Å². The average molecular weight is 309 g/mol. The van der Waals surface area contributed by atoms with Gasteiger partial charge in [0.25, 0.3) is 0 Å². The summed E-state index contributed by atoms with van der Waals surface area (Å²) in [7, 11) is 1.69. The van der Waals surface area contributed by atoms with E-state index in [0.29, 0.717) is 35.4 Å². The van der Waals surface area contributed by atoms with Crippen LogP contribution in [0, 0.1) is 6.92 Å². The van der Waals surface area contributed by atoms with Gasteiger partial charge in [-0.1, -0.05) is 11.6 Å². The maximum atomic E-state index is 11.0. The fourth-order valence-corrected chi connectivity index (χ4v) is 2.64. The Morgan fingerprint density at radius 2 is 2.00 bits per heavy atom. The van der Waals surface area contributed by atoms with Crippen molar-refractivity contribution in [1.82, 2.24) is 9.78 Å². The molecule has 0 saturated heterocycles. The lowest BCUT2D eigenvalue weighted by atomic mass is 10.0. The molecule has 2 heterocycles. The van der Waals surface area contributed by atoms with Crippen molar-refractivity contribution in [2.75, 3.05) is 13.2 Å². The zero-order valence-electron chi connectivity index (χ0n) is 11.5. The molecule has 1 aromatic heterocycles. The number of hydrogen-bond acceptors (Lipinski definition) is 4. The Morgan fingerprint density at radius 3 is 2.62 bits per heavy atom. The molecule has 0 spiro atoms. The summed E-state index contributed by atoms with van der Waals surface area (Å²) in [6.07, 6.45) is 0. The second-order valence-corrected chi connectivity index (χ2v) is 5.14. The number of nitrogens with zero attached hydrogens (tertiary/aromatic N) is 2. The highest BCUT2D eigenvalue weighted by atomic mass is 35.5. The maximum absolute atomic E-state index is 11.0. The van der Waals surface area contributed by atoms with E-state index in [1.807, 2.05) is 6.92 Å². The van der Waals surface area contributed by atoms with E-state index < -0.39 is 5.97 Å². The van der Waals surface area contributed by atoms with Gasteiger partial charge in [0, 0.05) is 18.2 Å². The predicted molar refractivity (Wildman–Crippen MR) is 76.3 cm³/mol. The molecule has 0 bridgehead atoms.